The molecule has 1 N–H and O–H groups in total. The maximum absolute atomic E-state index is 11.3. The lowest BCUT2D eigenvalue weighted by Crippen LogP contribution is -2.26. The molecule has 1 aliphatic carbocycles. The van der Waals surface area contributed by atoms with E-state index in [0.717, 1.165) is 12.8 Å². The quantitative estimate of drug-likeness (QED) is 0.523. The number of carbonyl (C=O) groups excluding carboxylic acids is 1. The highest BCUT2D eigenvalue weighted by Gasteiger charge is 2.26. The summed E-state index contributed by atoms with van der Waals surface area (Å²) in [4.78, 5) is 11.3. The summed E-state index contributed by atoms with van der Waals surface area (Å²) < 4.78 is 9.46. The summed E-state index contributed by atoms with van der Waals surface area (Å²) in [6.45, 7) is 0.0257. The van der Waals surface area contributed by atoms with E-state index in [4.69, 9.17) is 4.74 Å². The molecule has 0 heterocycles. The van der Waals surface area contributed by atoms with Crippen LogP contribution in [-0.2, 0) is 14.3 Å². The zero-order valence-corrected chi connectivity index (χ0v) is 7.86. The minimum atomic E-state index is -0.230. The van der Waals surface area contributed by atoms with Crippen LogP contribution in [0, 0.1) is 5.92 Å². The van der Waals surface area contributed by atoms with Crippen molar-refractivity contribution in [1.82, 2.24) is 0 Å². The highest BCUT2D eigenvalue weighted by Crippen LogP contribution is 2.24. The highest BCUT2D eigenvalue weighted by molar-refractivity contribution is 5.72. The first-order chi connectivity index (χ1) is 6.24. The number of methoxy groups -OCH3 is 1. The third-order valence-electron chi connectivity index (χ3n) is 2.35. The van der Waals surface area contributed by atoms with Gasteiger partial charge in [0.15, 0.2) is 6.79 Å². The molecule has 0 amide bonds. The van der Waals surface area contributed by atoms with E-state index in [0.29, 0.717) is 12.8 Å². The lowest BCUT2D eigenvalue weighted by molar-refractivity contribution is -0.160. The zero-order valence-electron chi connectivity index (χ0n) is 7.86. The predicted molar refractivity (Wildman–Crippen MR) is 45.9 cm³/mol. The first-order valence-electron chi connectivity index (χ1n) is 4.57. The monoisotopic (exact) mass is 188 g/mol. The van der Waals surface area contributed by atoms with Gasteiger partial charge in [-0.15, -0.1) is 0 Å². The molecular formula is C9H16O4. The topological polar surface area (TPSA) is 55.8 Å². The molecule has 0 spiro atoms. The molecule has 0 atom stereocenters. The molecule has 1 saturated carbocycles. The molecule has 0 radical (unpaired) electrons. The van der Waals surface area contributed by atoms with Crippen LogP contribution < -0.4 is 0 Å². The summed E-state index contributed by atoms with van der Waals surface area (Å²) >= 11 is 0. The maximum Gasteiger partial charge on any atom is 0.311 e. The number of hydrogen-bond acceptors (Lipinski definition) is 4. The Bertz CT molecular complexity index is 161. The van der Waals surface area contributed by atoms with E-state index in [9.17, 15) is 9.90 Å². The molecule has 1 aliphatic rings. The molecule has 0 unspecified atom stereocenters. The minimum absolute atomic E-state index is 0.0257. The fourth-order valence-corrected chi connectivity index (χ4v) is 1.55. The summed E-state index contributed by atoms with van der Waals surface area (Å²) in [7, 11) is 1.48. The molecule has 1 rings (SSSR count). The van der Waals surface area contributed by atoms with Gasteiger partial charge >= 0.3 is 5.97 Å². The number of esters is 1. The standard InChI is InChI=1S/C9H16O4/c1-12-6-13-9(11)7-2-4-8(10)5-3-7/h7-8,10H,2-6H2,1H3/t7-,8-. The van der Waals surface area contributed by atoms with Crippen LogP contribution in [-0.4, -0.2) is 31.1 Å². The van der Waals surface area contributed by atoms with Crippen LogP contribution in [0.3, 0.4) is 0 Å². The Hall–Kier alpha value is -0.610. The SMILES string of the molecule is COCOC(=O)[C@H]1CC[C@H](O)CC1. The molecule has 0 saturated heterocycles. The van der Waals surface area contributed by atoms with Gasteiger partial charge in [-0.3, -0.25) is 4.79 Å². The lowest BCUT2D eigenvalue weighted by Gasteiger charge is -2.23. The van der Waals surface area contributed by atoms with E-state index >= 15 is 0 Å². The van der Waals surface area contributed by atoms with Gasteiger partial charge in [-0.05, 0) is 25.7 Å². The van der Waals surface area contributed by atoms with Crippen molar-refractivity contribution < 1.29 is 19.4 Å². The number of hydrogen-bond donors (Lipinski definition) is 1. The van der Waals surface area contributed by atoms with Crippen molar-refractivity contribution in [2.45, 2.75) is 31.8 Å². The third-order valence-corrected chi connectivity index (χ3v) is 2.35. The van der Waals surface area contributed by atoms with Crippen molar-refractivity contribution in [1.29, 1.82) is 0 Å². The number of carbonyl (C=O) groups is 1. The van der Waals surface area contributed by atoms with E-state index in [1.54, 1.807) is 0 Å². The van der Waals surface area contributed by atoms with Crippen LogP contribution >= 0.6 is 0 Å². The van der Waals surface area contributed by atoms with Crippen LogP contribution in [0.15, 0.2) is 0 Å². The van der Waals surface area contributed by atoms with Gasteiger partial charge in [-0.2, -0.15) is 0 Å². The van der Waals surface area contributed by atoms with Crippen LogP contribution in [0.4, 0.5) is 0 Å². The molecule has 0 aromatic rings. The maximum atomic E-state index is 11.3. The Morgan fingerprint density at radius 1 is 1.38 bits per heavy atom. The largest absolute Gasteiger partial charge is 0.438 e. The van der Waals surface area contributed by atoms with Gasteiger partial charge in [-0.25, -0.2) is 0 Å². The molecule has 1 fully saturated rings. The van der Waals surface area contributed by atoms with Gasteiger partial charge in [0, 0.05) is 7.11 Å². The number of aliphatic hydroxyl groups is 1. The number of rotatable bonds is 3. The average molecular weight is 188 g/mol. The van der Waals surface area contributed by atoms with Gasteiger partial charge in [-0.1, -0.05) is 0 Å². The van der Waals surface area contributed by atoms with Crippen molar-refractivity contribution >= 4 is 5.97 Å². The van der Waals surface area contributed by atoms with Crippen molar-refractivity contribution in [3.05, 3.63) is 0 Å². The second-order valence-corrected chi connectivity index (χ2v) is 3.38. The Morgan fingerprint density at radius 3 is 2.54 bits per heavy atom. The second kappa shape index (κ2) is 5.19. The van der Waals surface area contributed by atoms with Gasteiger partial charge in [0.25, 0.3) is 0 Å². The highest BCUT2D eigenvalue weighted by atomic mass is 16.7. The van der Waals surface area contributed by atoms with Crippen LogP contribution in [0.25, 0.3) is 0 Å². The van der Waals surface area contributed by atoms with Crippen molar-refractivity contribution in [3.8, 4) is 0 Å². The van der Waals surface area contributed by atoms with Gasteiger partial charge in [0.05, 0.1) is 12.0 Å². The predicted octanol–water partition coefficient (Wildman–Crippen LogP) is 0.685. The summed E-state index contributed by atoms with van der Waals surface area (Å²) in [6.07, 6.45) is 2.62. The molecule has 4 heteroatoms. The van der Waals surface area contributed by atoms with Gasteiger partial charge in [0.2, 0.25) is 0 Å². The Balaban J connectivity index is 2.23. The lowest BCUT2D eigenvalue weighted by atomic mass is 9.88. The minimum Gasteiger partial charge on any atom is -0.438 e. The fraction of sp³-hybridized carbons (Fsp3) is 0.889. The van der Waals surface area contributed by atoms with E-state index in [1.807, 2.05) is 0 Å². The molecule has 13 heavy (non-hydrogen) atoms. The molecule has 0 aliphatic heterocycles. The fourth-order valence-electron chi connectivity index (χ4n) is 1.55. The van der Waals surface area contributed by atoms with Gasteiger partial charge in [0.1, 0.15) is 0 Å². The smallest absolute Gasteiger partial charge is 0.311 e. The third kappa shape index (κ3) is 3.32. The Labute approximate surface area is 77.8 Å². The van der Waals surface area contributed by atoms with E-state index < -0.39 is 0 Å². The van der Waals surface area contributed by atoms with Crippen molar-refractivity contribution in [2.75, 3.05) is 13.9 Å². The Morgan fingerprint density at radius 2 is 2.00 bits per heavy atom. The van der Waals surface area contributed by atoms with E-state index in [1.165, 1.54) is 7.11 Å². The molecule has 76 valence electrons. The van der Waals surface area contributed by atoms with Crippen LogP contribution in [0.5, 0.6) is 0 Å². The number of aliphatic hydroxyl groups excluding tert-OH is 1. The van der Waals surface area contributed by atoms with E-state index in [-0.39, 0.29) is 24.8 Å². The van der Waals surface area contributed by atoms with Crippen LogP contribution in [0.1, 0.15) is 25.7 Å². The van der Waals surface area contributed by atoms with E-state index in [2.05, 4.69) is 4.74 Å². The van der Waals surface area contributed by atoms with Crippen molar-refractivity contribution in [3.63, 3.8) is 0 Å². The molecule has 0 aromatic carbocycles. The van der Waals surface area contributed by atoms with Crippen LogP contribution in [0.2, 0.25) is 0 Å². The second-order valence-electron chi connectivity index (χ2n) is 3.38. The summed E-state index contributed by atoms with van der Waals surface area (Å²) in [5.41, 5.74) is 0. The van der Waals surface area contributed by atoms with Crippen molar-refractivity contribution in [2.24, 2.45) is 5.92 Å². The average Bonchev–Trinajstić information content (AvgIpc) is 2.15. The summed E-state index contributed by atoms with van der Waals surface area (Å²) in [5, 5.41) is 9.21. The summed E-state index contributed by atoms with van der Waals surface area (Å²) in [5.74, 6) is -0.243. The Kier molecular flexibility index (Phi) is 4.18. The molecule has 0 bridgehead atoms. The first kappa shape index (κ1) is 10.5. The molecule has 0 aromatic heterocycles. The first-order valence-corrected chi connectivity index (χ1v) is 4.57. The van der Waals surface area contributed by atoms with Gasteiger partial charge < -0.3 is 14.6 Å². The number of ether oxygens (including phenoxy) is 2. The molecular weight excluding hydrogens is 172 g/mol. The summed E-state index contributed by atoms with van der Waals surface area (Å²) in [6, 6.07) is 0. The molecule has 4 nitrogen and oxygen atoms in total. The zero-order chi connectivity index (χ0) is 9.68. The normalized spacial score (nSPS) is 28.5.